The summed E-state index contributed by atoms with van der Waals surface area (Å²) in [6.07, 6.45) is -8.61. The van der Waals surface area contributed by atoms with E-state index in [1.807, 2.05) is 0 Å². The highest BCUT2D eigenvalue weighted by atomic mass is 32.2. The molecule has 3 rings (SSSR count). The summed E-state index contributed by atoms with van der Waals surface area (Å²) in [6, 6.07) is 7.11. The van der Waals surface area contributed by atoms with Crippen molar-refractivity contribution in [2.75, 3.05) is 0 Å². The average Bonchev–Trinajstić information content (AvgIpc) is 2.72. The van der Waals surface area contributed by atoms with Crippen molar-refractivity contribution in [3.8, 4) is 11.4 Å². The molecule has 7 nitrogen and oxygen atoms in total. The van der Waals surface area contributed by atoms with Gasteiger partial charge in [-0.25, -0.2) is 22.6 Å². The third kappa shape index (κ3) is 4.59. The summed E-state index contributed by atoms with van der Waals surface area (Å²) in [4.78, 5) is 23.4. The quantitative estimate of drug-likeness (QED) is 0.541. The van der Waals surface area contributed by atoms with Crippen LogP contribution in [0.5, 0.6) is 5.75 Å². The molecule has 3 aromatic rings. The highest BCUT2D eigenvalue weighted by Gasteiger charge is 2.32. The largest absolute Gasteiger partial charge is 0.573 e. The van der Waals surface area contributed by atoms with Crippen molar-refractivity contribution in [1.29, 1.82) is 0 Å². The van der Waals surface area contributed by atoms with Gasteiger partial charge in [-0.15, -0.1) is 13.2 Å². The van der Waals surface area contributed by atoms with Gasteiger partial charge in [0.15, 0.2) is 0 Å². The number of aromatic carboxylic acids is 1. The lowest BCUT2D eigenvalue weighted by Crippen LogP contribution is -2.25. The van der Waals surface area contributed by atoms with Crippen molar-refractivity contribution in [3.05, 3.63) is 58.4 Å². The topological polar surface area (TPSA) is 98.5 Å². The molecular weight excluding hydrogens is 470 g/mol. The molecule has 0 aliphatic carbocycles. The van der Waals surface area contributed by atoms with Gasteiger partial charge < -0.3 is 9.84 Å². The van der Waals surface area contributed by atoms with Crippen LogP contribution in [0.3, 0.4) is 0 Å². The summed E-state index contributed by atoms with van der Waals surface area (Å²) in [5.74, 6) is -2.43. The number of aromatic nitrogens is 2. The zero-order valence-electron chi connectivity index (χ0n) is 15.3. The third-order valence-corrected chi connectivity index (χ3v) is 5.40. The highest BCUT2D eigenvalue weighted by molar-refractivity contribution is 7.85. The number of rotatable bonds is 6. The number of carboxylic acid groups (broad SMARTS) is 1. The van der Waals surface area contributed by atoms with Crippen LogP contribution in [0.25, 0.3) is 16.6 Å². The van der Waals surface area contributed by atoms with Crippen LogP contribution in [-0.2, 0) is 10.8 Å². The van der Waals surface area contributed by atoms with Gasteiger partial charge in [-0.2, -0.15) is 5.10 Å². The van der Waals surface area contributed by atoms with Gasteiger partial charge in [0, 0.05) is 0 Å². The Hall–Kier alpha value is -3.42. The zero-order valence-corrected chi connectivity index (χ0v) is 16.2. The van der Waals surface area contributed by atoms with Crippen LogP contribution in [0.2, 0.25) is 0 Å². The van der Waals surface area contributed by atoms with E-state index in [1.165, 1.54) is 6.07 Å². The Bertz CT molecular complexity index is 1260. The van der Waals surface area contributed by atoms with E-state index in [2.05, 4.69) is 9.84 Å². The van der Waals surface area contributed by atoms with Crippen LogP contribution in [0.1, 0.15) is 10.5 Å². The molecule has 1 N–H and O–H groups in total. The molecule has 14 heteroatoms. The maximum Gasteiger partial charge on any atom is 0.573 e. The van der Waals surface area contributed by atoms with Crippen LogP contribution >= 0.6 is 0 Å². The molecule has 0 amide bonds. The Labute approximate surface area is 176 Å². The van der Waals surface area contributed by atoms with E-state index in [4.69, 9.17) is 0 Å². The van der Waals surface area contributed by atoms with E-state index in [0.29, 0.717) is 0 Å². The Morgan fingerprint density at radius 3 is 2.25 bits per heavy atom. The molecule has 0 spiro atoms. The van der Waals surface area contributed by atoms with E-state index in [0.717, 1.165) is 41.1 Å². The standard InChI is InChI=1S/C18H10F6N2O5S/c19-15(20)16(21)32(30)11-3-1-2-10-12(11)14(27)13(17(28)29)25-26(10)8-4-6-9(7-5-8)31-18(22,23)24/h1-7,15-16H,(H,28,29). The normalized spacial score (nSPS) is 13.8. The lowest BCUT2D eigenvalue weighted by Gasteiger charge is -2.15. The number of benzene rings is 2. The van der Waals surface area contributed by atoms with Crippen LogP contribution in [0.15, 0.2) is 52.2 Å². The van der Waals surface area contributed by atoms with Gasteiger partial charge in [-0.3, -0.25) is 9.00 Å². The smallest absolute Gasteiger partial charge is 0.476 e. The van der Waals surface area contributed by atoms with Crippen LogP contribution in [0, 0.1) is 0 Å². The number of carbonyl (C=O) groups is 1. The van der Waals surface area contributed by atoms with Crippen molar-refractivity contribution in [3.63, 3.8) is 0 Å². The van der Waals surface area contributed by atoms with Gasteiger partial charge in [0.1, 0.15) is 5.75 Å². The first-order valence-electron chi connectivity index (χ1n) is 8.39. The third-order valence-electron chi connectivity index (χ3n) is 4.01. The van der Waals surface area contributed by atoms with Gasteiger partial charge in [-0.05, 0) is 36.4 Å². The van der Waals surface area contributed by atoms with Crippen molar-refractivity contribution in [2.45, 2.75) is 23.2 Å². The first kappa shape index (κ1) is 23.2. The molecular formula is C18H10F6N2O5S. The number of carboxylic acids is 1. The minimum atomic E-state index is -4.97. The molecule has 2 unspecified atom stereocenters. The monoisotopic (exact) mass is 480 g/mol. The Balaban J connectivity index is 2.27. The number of fused-ring (bicyclic) bond motifs is 1. The molecule has 0 aliphatic heterocycles. The van der Waals surface area contributed by atoms with E-state index in [-0.39, 0.29) is 11.2 Å². The van der Waals surface area contributed by atoms with Crippen molar-refractivity contribution >= 4 is 27.7 Å². The molecule has 0 radical (unpaired) electrons. The highest BCUT2D eigenvalue weighted by Crippen LogP contribution is 2.27. The predicted octanol–water partition coefficient (Wildman–Crippen LogP) is 3.65. The summed E-state index contributed by atoms with van der Waals surface area (Å²) in [5.41, 5.74) is -5.86. The maximum atomic E-state index is 13.7. The zero-order chi connectivity index (χ0) is 23.8. The molecule has 32 heavy (non-hydrogen) atoms. The Morgan fingerprint density at radius 2 is 1.72 bits per heavy atom. The van der Waals surface area contributed by atoms with Gasteiger partial charge in [0.2, 0.25) is 16.6 Å². The summed E-state index contributed by atoms with van der Waals surface area (Å²) in [7, 11) is -3.04. The number of ether oxygens (including phenoxy) is 1. The number of hydrogen-bond acceptors (Lipinski definition) is 5. The number of alkyl halides is 6. The van der Waals surface area contributed by atoms with Gasteiger partial charge >= 0.3 is 12.3 Å². The van der Waals surface area contributed by atoms with Crippen molar-refractivity contribution < 1.29 is 45.2 Å². The first-order valence-corrected chi connectivity index (χ1v) is 9.60. The molecule has 1 aromatic heterocycles. The van der Waals surface area contributed by atoms with Crippen molar-refractivity contribution in [1.82, 2.24) is 9.78 Å². The second-order valence-corrected chi connectivity index (χ2v) is 7.55. The summed E-state index contributed by atoms with van der Waals surface area (Å²) < 4.78 is 93.0. The second kappa shape index (κ2) is 8.61. The molecule has 0 saturated carbocycles. The molecule has 0 fully saturated rings. The van der Waals surface area contributed by atoms with Gasteiger partial charge in [0.25, 0.3) is 6.43 Å². The molecule has 170 valence electrons. The predicted molar refractivity (Wildman–Crippen MR) is 98.3 cm³/mol. The summed E-state index contributed by atoms with van der Waals surface area (Å²) in [5, 5.41) is 12.3. The minimum Gasteiger partial charge on any atom is -0.476 e. The lowest BCUT2D eigenvalue weighted by molar-refractivity contribution is -0.274. The minimum absolute atomic E-state index is 0.0550. The fourth-order valence-electron chi connectivity index (χ4n) is 2.75. The van der Waals surface area contributed by atoms with E-state index in [9.17, 15) is 45.2 Å². The van der Waals surface area contributed by atoms with E-state index < -0.39 is 62.2 Å². The molecule has 0 saturated heterocycles. The second-order valence-electron chi connectivity index (χ2n) is 6.07. The Morgan fingerprint density at radius 1 is 1.09 bits per heavy atom. The number of nitrogens with zero attached hydrogens (tertiary/aromatic N) is 2. The van der Waals surface area contributed by atoms with E-state index in [1.54, 1.807) is 0 Å². The van der Waals surface area contributed by atoms with Gasteiger partial charge in [0.05, 0.1) is 32.3 Å². The van der Waals surface area contributed by atoms with Crippen molar-refractivity contribution in [2.24, 2.45) is 0 Å². The average molecular weight is 480 g/mol. The van der Waals surface area contributed by atoms with Crippen LogP contribution in [0.4, 0.5) is 26.3 Å². The SMILES string of the molecule is O=C(O)c1nn(-c2ccc(OC(F)(F)F)cc2)c2cccc(S(=O)C(F)C(F)F)c2c1=O. The molecule has 0 bridgehead atoms. The number of hydrogen-bond donors (Lipinski definition) is 1. The lowest BCUT2D eigenvalue weighted by atomic mass is 10.2. The summed E-state index contributed by atoms with van der Waals surface area (Å²) in [6.45, 7) is 0. The maximum absolute atomic E-state index is 13.7. The van der Waals surface area contributed by atoms with Crippen LogP contribution in [-0.4, -0.2) is 43.4 Å². The van der Waals surface area contributed by atoms with E-state index >= 15 is 0 Å². The molecule has 2 atom stereocenters. The fourth-order valence-corrected chi connectivity index (χ4v) is 3.79. The molecule has 2 aromatic carbocycles. The van der Waals surface area contributed by atoms with Crippen LogP contribution < -0.4 is 10.2 Å². The van der Waals surface area contributed by atoms with Gasteiger partial charge in [-0.1, -0.05) is 6.07 Å². The summed E-state index contributed by atoms with van der Waals surface area (Å²) >= 11 is 0. The first-order chi connectivity index (χ1) is 14.9. The fraction of sp³-hybridized carbons (Fsp3) is 0.167. The molecule has 0 aliphatic rings. The Kier molecular flexibility index (Phi) is 6.25. The number of halogens is 6. The molecule has 1 heterocycles.